The summed E-state index contributed by atoms with van der Waals surface area (Å²) in [4.78, 5) is 26.6. The molecule has 2 aromatic carbocycles. The van der Waals surface area contributed by atoms with Crippen molar-refractivity contribution in [1.82, 2.24) is 4.90 Å². The molecule has 8 nitrogen and oxygen atoms in total. The number of ether oxygens (including phenoxy) is 4. The first-order valence-electron chi connectivity index (χ1n) is 11.4. The van der Waals surface area contributed by atoms with Gasteiger partial charge in [0.1, 0.15) is 17.4 Å². The van der Waals surface area contributed by atoms with Crippen LogP contribution in [0.5, 0.6) is 17.2 Å². The minimum atomic E-state index is -0.586. The van der Waals surface area contributed by atoms with Crippen LogP contribution in [-0.2, 0) is 14.3 Å². The quantitative estimate of drug-likeness (QED) is 0.246. The van der Waals surface area contributed by atoms with Crippen LogP contribution in [0.1, 0.15) is 36.5 Å². The number of hydrogen-bond donors (Lipinski definition) is 0. The average molecular weight is 479 g/mol. The van der Waals surface area contributed by atoms with Crippen LogP contribution in [0.3, 0.4) is 0 Å². The molecule has 35 heavy (non-hydrogen) atoms. The Labute approximate surface area is 205 Å². The SMILES string of the molecule is COc1cc(/C=C(\C#N)C(=O)N2CCOCC2)ccc1OC(=O)COc1ccc(C(C)C)c(C)c1. The lowest BCUT2D eigenvalue weighted by Gasteiger charge is -2.26. The molecule has 0 aromatic heterocycles. The molecule has 1 saturated heterocycles. The van der Waals surface area contributed by atoms with E-state index >= 15 is 0 Å². The summed E-state index contributed by atoms with van der Waals surface area (Å²) in [6.07, 6.45) is 1.48. The Kier molecular flexibility index (Phi) is 8.87. The third-order valence-electron chi connectivity index (χ3n) is 5.59. The first-order valence-corrected chi connectivity index (χ1v) is 11.4. The number of nitriles is 1. The smallest absolute Gasteiger partial charge is 0.349 e. The third kappa shape index (κ3) is 6.84. The van der Waals surface area contributed by atoms with E-state index in [9.17, 15) is 14.9 Å². The number of carbonyl (C=O) groups excluding carboxylic acids is 2. The van der Waals surface area contributed by atoms with E-state index in [4.69, 9.17) is 18.9 Å². The van der Waals surface area contributed by atoms with Crippen LogP contribution in [0, 0.1) is 18.3 Å². The van der Waals surface area contributed by atoms with Crippen molar-refractivity contribution >= 4 is 18.0 Å². The molecule has 0 bridgehead atoms. The molecule has 0 unspecified atom stereocenters. The highest BCUT2D eigenvalue weighted by atomic mass is 16.6. The molecule has 1 aliphatic rings. The van der Waals surface area contributed by atoms with Crippen LogP contribution in [0.15, 0.2) is 42.0 Å². The van der Waals surface area contributed by atoms with Gasteiger partial charge in [0.25, 0.3) is 5.91 Å². The Hall–Kier alpha value is -3.83. The van der Waals surface area contributed by atoms with Gasteiger partial charge in [-0.25, -0.2) is 4.79 Å². The minimum absolute atomic E-state index is 0.00544. The van der Waals surface area contributed by atoms with Gasteiger partial charge in [-0.2, -0.15) is 5.26 Å². The Morgan fingerprint density at radius 3 is 2.51 bits per heavy atom. The molecule has 8 heteroatoms. The summed E-state index contributed by atoms with van der Waals surface area (Å²) >= 11 is 0. The lowest BCUT2D eigenvalue weighted by molar-refractivity contribution is -0.136. The highest BCUT2D eigenvalue weighted by molar-refractivity contribution is 6.01. The molecule has 2 aromatic rings. The molecule has 1 heterocycles. The molecular formula is C27H30N2O6. The van der Waals surface area contributed by atoms with Gasteiger partial charge in [-0.3, -0.25) is 4.79 Å². The number of esters is 1. The topological polar surface area (TPSA) is 98.1 Å². The van der Waals surface area contributed by atoms with Gasteiger partial charge in [-0.05, 0) is 59.9 Å². The van der Waals surface area contributed by atoms with Crippen molar-refractivity contribution in [3.63, 3.8) is 0 Å². The highest BCUT2D eigenvalue weighted by Crippen LogP contribution is 2.29. The fraction of sp³-hybridized carbons (Fsp3) is 0.370. The van der Waals surface area contributed by atoms with Gasteiger partial charge in [0.15, 0.2) is 18.1 Å². The maximum Gasteiger partial charge on any atom is 0.349 e. The zero-order chi connectivity index (χ0) is 25.4. The number of amides is 1. The number of methoxy groups -OCH3 is 1. The maximum atomic E-state index is 12.6. The molecule has 0 aliphatic carbocycles. The number of rotatable bonds is 8. The molecular weight excluding hydrogens is 448 g/mol. The second kappa shape index (κ2) is 12.0. The Morgan fingerprint density at radius 2 is 1.89 bits per heavy atom. The lowest BCUT2D eigenvalue weighted by Crippen LogP contribution is -2.41. The van der Waals surface area contributed by atoms with E-state index in [2.05, 4.69) is 13.8 Å². The lowest BCUT2D eigenvalue weighted by atomic mass is 9.98. The minimum Gasteiger partial charge on any atom is -0.493 e. The van der Waals surface area contributed by atoms with Crippen molar-refractivity contribution in [3.8, 4) is 23.3 Å². The van der Waals surface area contributed by atoms with E-state index in [1.165, 1.54) is 18.7 Å². The van der Waals surface area contributed by atoms with Crippen LogP contribution >= 0.6 is 0 Å². The van der Waals surface area contributed by atoms with Gasteiger partial charge >= 0.3 is 5.97 Å². The van der Waals surface area contributed by atoms with Gasteiger partial charge in [0, 0.05) is 13.1 Å². The van der Waals surface area contributed by atoms with E-state index in [0.29, 0.717) is 49.3 Å². The summed E-state index contributed by atoms with van der Waals surface area (Å²) in [5, 5.41) is 9.49. The predicted octanol–water partition coefficient (Wildman–Crippen LogP) is 3.88. The summed E-state index contributed by atoms with van der Waals surface area (Å²) in [5.41, 5.74) is 2.90. The number of nitrogens with zero attached hydrogens (tertiary/aromatic N) is 2. The molecule has 1 amide bonds. The van der Waals surface area contributed by atoms with Gasteiger partial charge in [0.05, 0.1) is 20.3 Å². The van der Waals surface area contributed by atoms with Crippen LogP contribution in [0.25, 0.3) is 6.08 Å². The highest BCUT2D eigenvalue weighted by Gasteiger charge is 2.21. The number of morpholine rings is 1. The van der Waals surface area contributed by atoms with Crippen molar-refractivity contribution in [2.45, 2.75) is 26.7 Å². The van der Waals surface area contributed by atoms with Crippen LogP contribution in [0.4, 0.5) is 0 Å². The normalized spacial score (nSPS) is 13.8. The molecule has 1 fully saturated rings. The maximum absolute atomic E-state index is 12.6. The Morgan fingerprint density at radius 1 is 1.14 bits per heavy atom. The second-order valence-electron chi connectivity index (χ2n) is 8.42. The van der Waals surface area contributed by atoms with Crippen LogP contribution in [0.2, 0.25) is 0 Å². The Balaban J connectivity index is 1.66. The fourth-order valence-electron chi connectivity index (χ4n) is 3.78. The summed E-state index contributed by atoms with van der Waals surface area (Å²) in [6.45, 7) is 7.77. The van der Waals surface area contributed by atoms with Gasteiger partial charge < -0.3 is 23.8 Å². The van der Waals surface area contributed by atoms with E-state index in [-0.39, 0.29) is 23.8 Å². The van der Waals surface area contributed by atoms with Crippen molar-refractivity contribution < 1.29 is 28.5 Å². The molecule has 3 rings (SSSR count). The molecule has 0 spiro atoms. The monoisotopic (exact) mass is 478 g/mol. The number of carbonyl (C=O) groups is 2. The van der Waals surface area contributed by atoms with Gasteiger partial charge in [0.2, 0.25) is 0 Å². The predicted molar refractivity (Wildman–Crippen MR) is 130 cm³/mol. The summed E-state index contributed by atoms with van der Waals surface area (Å²) in [6, 6.07) is 12.5. The molecule has 1 aliphatic heterocycles. The van der Waals surface area contributed by atoms with Gasteiger partial charge in [-0.1, -0.05) is 26.0 Å². The first-order chi connectivity index (χ1) is 16.8. The zero-order valence-electron chi connectivity index (χ0n) is 20.5. The third-order valence-corrected chi connectivity index (χ3v) is 5.59. The summed E-state index contributed by atoms with van der Waals surface area (Å²) < 4.78 is 21.6. The molecule has 0 radical (unpaired) electrons. The number of benzene rings is 2. The number of aryl methyl sites for hydroxylation is 1. The van der Waals surface area contributed by atoms with E-state index in [0.717, 1.165) is 5.56 Å². The number of hydrogen-bond acceptors (Lipinski definition) is 7. The standard InChI is InChI=1S/C27H30N2O6/c1-18(2)23-7-6-22(13-19(23)3)34-17-26(30)35-24-8-5-20(15-25(24)32-4)14-21(16-28)27(31)29-9-11-33-12-10-29/h5-8,13-15,18H,9-12,17H2,1-4H3/b21-14+. The fourth-order valence-corrected chi connectivity index (χ4v) is 3.78. The van der Waals surface area contributed by atoms with E-state index in [1.54, 1.807) is 23.1 Å². The second-order valence-corrected chi connectivity index (χ2v) is 8.42. The summed E-state index contributed by atoms with van der Waals surface area (Å²) in [7, 11) is 1.44. The summed E-state index contributed by atoms with van der Waals surface area (Å²) in [5.74, 6) is 0.561. The first kappa shape index (κ1) is 25.8. The largest absolute Gasteiger partial charge is 0.493 e. The average Bonchev–Trinajstić information content (AvgIpc) is 2.86. The van der Waals surface area contributed by atoms with Crippen molar-refractivity contribution in [2.75, 3.05) is 40.0 Å². The zero-order valence-corrected chi connectivity index (χ0v) is 20.5. The molecule has 0 saturated carbocycles. The van der Waals surface area contributed by atoms with Crippen LogP contribution in [-0.4, -0.2) is 56.8 Å². The van der Waals surface area contributed by atoms with Gasteiger partial charge in [-0.15, -0.1) is 0 Å². The van der Waals surface area contributed by atoms with E-state index < -0.39 is 5.97 Å². The molecule has 0 atom stereocenters. The van der Waals surface area contributed by atoms with Crippen LogP contribution < -0.4 is 14.2 Å². The van der Waals surface area contributed by atoms with Crippen molar-refractivity contribution in [3.05, 3.63) is 58.7 Å². The van der Waals surface area contributed by atoms with Crippen molar-refractivity contribution in [2.24, 2.45) is 0 Å². The van der Waals surface area contributed by atoms with E-state index in [1.807, 2.05) is 31.2 Å². The molecule has 184 valence electrons. The Bertz CT molecular complexity index is 1140. The molecule has 0 N–H and O–H groups in total. The van der Waals surface area contributed by atoms with Crippen molar-refractivity contribution in [1.29, 1.82) is 5.26 Å².